The van der Waals surface area contributed by atoms with Gasteiger partial charge in [-0.05, 0) is 60.7 Å². The Morgan fingerprint density at radius 1 is 1.05 bits per heavy atom. The van der Waals surface area contributed by atoms with Crippen LogP contribution in [-0.2, 0) is 0 Å². The summed E-state index contributed by atoms with van der Waals surface area (Å²) in [6.45, 7) is 0. The van der Waals surface area contributed by atoms with Crippen LogP contribution in [0, 0.1) is 0 Å². The number of nitrogens with two attached hydrogens (primary N) is 1. The van der Waals surface area contributed by atoms with Crippen molar-refractivity contribution in [1.82, 2.24) is 0 Å². The van der Waals surface area contributed by atoms with Crippen molar-refractivity contribution in [2.24, 2.45) is 5.73 Å². The van der Waals surface area contributed by atoms with E-state index in [1.807, 2.05) is 36.4 Å². The molecular formula is C14H13ClN2OS. The summed E-state index contributed by atoms with van der Waals surface area (Å²) in [4.78, 5) is 1.77. The quantitative estimate of drug-likeness (QED) is 0.875. The van der Waals surface area contributed by atoms with E-state index < -0.39 is 0 Å². The molecule has 0 saturated carbocycles. The molecule has 0 heterocycles. The molecule has 0 aliphatic heterocycles. The summed E-state index contributed by atoms with van der Waals surface area (Å²) < 4.78 is 5.13. The standard InChI is InChI=1S/C14H13ClN2OS/c1-18-13-8-6-12(7-9-13)17(14(16)19)11-4-2-10(15)3-5-11/h2-9H,1H3,(H2,16,19). The van der Waals surface area contributed by atoms with Crippen molar-refractivity contribution in [3.63, 3.8) is 0 Å². The first kappa shape index (κ1) is 13.6. The molecule has 0 spiro atoms. The van der Waals surface area contributed by atoms with Crippen LogP contribution in [0.2, 0.25) is 5.02 Å². The van der Waals surface area contributed by atoms with Gasteiger partial charge in [0.05, 0.1) is 7.11 Å². The maximum Gasteiger partial charge on any atom is 0.175 e. The number of thiocarbonyl (C=S) groups is 1. The molecule has 3 nitrogen and oxygen atoms in total. The molecule has 0 unspecified atom stereocenters. The monoisotopic (exact) mass is 292 g/mol. The number of nitrogens with zero attached hydrogens (tertiary/aromatic N) is 1. The van der Waals surface area contributed by atoms with E-state index in [2.05, 4.69) is 0 Å². The SMILES string of the molecule is COc1ccc(N(C(N)=S)c2ccc(Cl)cc2)cc1. The van der Waals surface area contributed by atoms with E-state index in [1.54, 1.807) is 24.1 Å². The van der Waals surface area contributed by atoms with Gasteiger partial charge in [0.25, 0.3) is 0 Å². The van der Waals surface area contributed by atoms with Gasteiger partial charge in [-0.3, -0.25) is 4.90 Å². The number of hydrogen-bond acceptors (Lipinski definition) is 2. The maximum absolute atomic E-state index is 5.88. The number of ether oxygens (including phenoxy) is 1. The second-order valence-corrected chi connectivity index (χ2v) is 4.70. The van der Waals surface area contributed by atoms with Gasteiger partial charge < -0.3 is 10.5 Å². The van der Waals surface area contributed by atoms with E-state index >= 15 is 0 Å². The Morgan fingerprint density at radius 2 is 1.53 bits per heavy atom. The molecule has 0 amide bonds. The average molecular weight is 293 g/mol. The molecule has 0 saturated heterocycles. The number of hydrogen-bond donors (Lipinski definition) is 1. The van der Waals surface area contributed by atoms with Crippen LogP contribution in [0.25, 0.3) is 0 Å². The lowest BCUT2D eigenvalue weighted by molar-refractivity contribution is 0.415. The largest absolute Gasteiger partial charge is 0.497 e. The zero-order valence-electron chi connectivity index (χ0n) is 10.3. The Morgan fingerprint density at radius 3 is 1.95 bits per heavy atom. The molecule has 2 N–H and O–H groups in total. The van der Waals surface area contributed by atoms with Crippen LogP contribution in [0.15, 0.2) is 48.5 Å². The first-order valence-electron chi connectivity index (χ1n) is 5.61. The first-order valence-corrected chi connectivity index (χ1v) is 6.39. The zero-order chi connectivity index (χ0) is 13.8. The molecule has 0 aromatic heterocycles. The lowest BCUT2D eigenvalue weighted by Gasteiger charge is -2.23. The fourth-order valence-corrected chi connectivity index (χ4v) is 2.06. The smallest absolute Gasteiger partial charge is 0.175 e. The van der Waals surface area contributed by atoms with Crippen LogP contribution in [-0.4, -0.2) is 12.2 Å². The highest BCUT2D eigenvalue weighted by Crippen LogP contribution is 2.28. The van der Waals surface area contributed by atoms with E-state index in [-0.39, 0.29) is 5.11 Å². The van der Waals surface area contributed by atoms with Gasteiger partial charge in [0.2, 0.25) is 0 Å². The first-order chi connectivity index (χ1) is 9.11. The highest BCUT2D eigenvalue weighted by atomic mass is 35.5. The molecule has 0 aliphatic carbocycles. The lowest BCUT2D eigenvalue weighted by atomic mass is 10.2. The Hall–Kier alpha value is -1.78. The molecule has 0 aliphatic rings. The Balaban J connectivity index is 2.39. The highest BCUT2D eigenvalue weighted by Gasteiger charge is 2.12. The molecule has 98 valence electrons. The molecule has 2 aromatic carbocycles. The summed E-state index contributed by atoms with van der Waals surface area (Å²) in [6.07, 6.45) is 0. The van der Waals surface area contributed by atoms with Crippen LogP contribution >= 0.6 is 23.8 Å². The number of benzene rings is 2. The lowest BCUT2D eigenvalue weighted by Crippen LogP contribution is -2.31. The summed E-state index contributed by atoms with van der Waals surface area (Å²) in [5, 5.41) is 0.939. The Bertz CT molecular complexity index is 569. The van der Waals surface area contributed by atoms with Crippen molar-refractivity contribution in [3.8, 4) is 5.75 Å². The summed E-state index contributed by atoms with van der Waals surface area (Å²) in [7, 11) is 1.62. The van der Waals surface area contributed by atoms with E-state index in [0.717, 1.165) is 17.1 Å². The maximum atomic E-state index is 5.88. The van der Waals surface area contributed by atoms with Crippen molar-refractivity contribution in [3.05, 3.63) is 53.6 Å². The predicted octanol–water partition coefficient (Wildman–Crippen LogP) is 3.73. The molecule has 5 heteroatoms. The summed E-state index contributed by atoms with van der Waals surface area (Å²) in [5.74, 6) is 0.780. The summed E-state index contributed by atoms with van der Waals surface area (Å²) in [5.41, 5.74) is 7.54. The molecule has 0 fully saturated rings. The van der Waals surface area contributed by atoms with E-state index in [4.69, 9.17) is 34.3 Å². The number of halogens is 1. The Labute approximate surface area is 122 Å². The van der Waals surface area contributed by atoms with Gasteiger partial charge in [0.15, 0.2) is 5.11 Å². The molecular weight excluding hydrogens is 280 g/mol. The number of methoxy groups -OCH3 is 1. The van der Waals surface area contributed by atoms with Crippen molar-refractivity contribution >= 4 is 40.3 Å². The summed E-state index contributed by atoms with van der Waals surface area (Å²) in [6, 6.07) is 14.8. The topological polar surface area (TPSA) is 38.5 Å². The molecule has 2 rings (SSSR count). The fraction of sp³-hybridized carbons (Fsp3) is 0.0714. The third-order valence-electron chi connectivity index (χ3n) is 2.64. The van der Waals surface area contributed by atoms with Gasteiger partial charge in [-0.1, -0.05) is 11.6 Å². The van der Waals surface area contributed by atoms with Gasteiger partial charge in [-0.15, -0.1) is 0 Å². The average Bonchev–Trinajstić information content (AvgIpc) is 2.42. The molecule has 2 aromatic rings. The van der Waals surface area contributed by atoms with E-state index in [0.29, 0.717) is 5.02 Å². The van der Waals surface area contributed by atoms with Crippen molar-refractivity contribution < 1.29 is 4.74 Å². The van der Waals surface area contributed by atoms with Gasteiger partial charge in [0.1, 0.15) is 5.75 Å². The fourth-order valence-electron chi connectivity index (χ4n) is 1.73. The minimum atomic E-state index is 0.271. The van der Waals surface area contributed by atoms with E-state index in [9.17, 15) is 0 Å². The predicted molar refractivity (Wildman–Crippen MR) is 83.4 cm³/mol. The van der Waals surface area contributed by atoms with Crippen LogP contribution in [0.5, 0.6) is 5.75 Å². The van der Waals surface area contributed by atoms with Crippen LogP contribution in [0.3, 0.4) is 0 Å². The zero-order valence-corrected chi connectivity index (χ0v) is 11.9. The van der Waals surface area contributed by atoms with Crippen LogP contribution < -0.4 is 15.4 Å². The minimum Gasteiger partial charge on any atom is -0.497 e. The third kappa shape index (κ3) is 3.16. The van der Waals surface area contributed by atoms with E-state index in [1.165, 1.54) is 0 Å². The van der Waals surface area contributed by atoms with Crippen LogP contribution in [0.4, 0.5) is 11.4 Å². The minimum absolute atomic E-state index is 0.271. The van der Waals surface area contributed by atoms with Gasteiger partial charge in [-0.25, -0.2) is 0 Å². The number of rotatable bonds is 3. The van der Waals surface area contributed by atoms with Crippen molar-refractivity contribution in [2.75, 3.05) is 12.0 Å². The Kier molecular flexibility index (Phi) is 4.24. The van der Waals surface area contributed by atoms with Gasteiger partial charge >= 0.3 is 0 Å². The van der Waals surface area contributed by atoms with Gasteiger partial charge in [-0.2, -0.15) is 0 Å². The normalized spacial score (nSPS) is 10.0. The van der Waals surface area contributed by atoms with Crippen LogP contribution in [0.1, 0.15) is 0 Å². The highest BCUT2D eigenvalue weighted by molar-refractivity contribution is 7.80. The van der Waals surface area contributed by atoms with Crippen molar-refractivity contribution in [2.45, 2.75) is 0 Å². The molecule has 19 heavy (non-hydrogen) atoms. The second kappa shape index (κ2) is 5.91. The summed E-state index contributed by atoms with van der Waals surface area (Å²) >= 11 is 11.0. The number of anilines is 2. The second-order valence-electron chi connectivity index (χ2n) is 3.85. The molecule has 0 radical (unpaired) electrons. The molecule has 0 atom stereocenters. The third-order valence-corrected chi connectivity index (χ3v) is 3.07. The van der Waals surface area contributed by atoms with Gasteiger partial charge in [0, 0.05) is 16.4 Å². The van der Waals surface area contributed by atoms with Crippen molar-refractivity contribution in [1.29, 1.82) is 0 Å². The molecule has 0 bridgehead atoms.